The molecule has 0 fully saturated rings. The van der Waals surface area contributed by atoms with E-state index >= 15 is 0 Å². The van der Waals surface area contributed by atoms with Crippen LogP contribution in [0.4, 0.5) is 0 Å². The summed E-state index contributed by atoms with van der Waals surface area (Å²) in [7, 11) is 2.99. The Morgan fingerprint density at radius 2 is 1.83 bits per heavy atom. The second-order valence-electron chi connectivity index (χ2n) is 6.11. The summed E-state index contributed by atoms with van der Waals surface area (Å²) in [5, 5.41) is 20.6. The second-order valence-corrected chi connectivity index (χ2v) is 6.11. The van der Waals surface area contributed by atoms with Crippen molar-refractivity contribution in [3.8, 4) is 6.07 Å². The normalized spacial score (nSPS) is 12.6. The highest BCUT2D eigenvalue weighted by molar-refractivity contribution is 5.94. The lowest BCUT2D eigenvalue weighted by atomic mass is 9.99. The van der Waals surface area contributed by atoms with E-state index in [1.807, 2.05) is 6.07 Å². The molecule has 0 heterocycles. The van der Waals surface area contributed by atoms with Gasteiger partial charge in [-0.3, -0.25) is 14.8 Å². The molecule has 0 saturated heterocycles. The Labute approximate surface area is 169 Å². The molecule has 160 valence electrons. The van der Waals surface area contributed by atoms with E-state index in [0.717, 1.165) is 0 Å². The van der Waals surface area contributed by atoms with Crippen molar-refractivity contribution >= 4 is 11.8 Å². The molecule has 0 bridgehead atoms. The van der Waals surface area contributed by atoms with Crippen LogP contribution in [0.1, 0.15) is 22.3 Å². The summed E-state index contributed by atoms with van der Waals surface area (Å²) in [6, 6.07) is 7.58. The van der Waals surface area contributed by atoms with E-state index < -0.39 is 17.9 Å². The van der Waals surface area contributed by atoms with Crippen molar-refractivity contribution < 1.29 is 33.7 Å². The fraction of sp³-hybridized carbons (Fsp3) is 0.526. The van der Waals surface area contributed by atoms with Crippen molar-refractivity contribution in [2.45, 2.75) is 12.5 Å². The van der Waals surface area contributed by atoms with E-state index in [-0.39, 0.29) is 32.3 Å². The summed E-state index contributed by atoms with van der Waals surface area (Å²) in [6.07, 6.45) is 0.167. The SMILES string of the molecule is COCCOCOC[C@H](C[C@H](COC)C(=O)NO)NC(=O)c1ccc(C#N)cc1. The van der Waals surface area contributed by atoms with Gasteiger partial charge in [-0.2, -0.15) is 5.26 Å². The lowest BCUT2D eigenvalue weighted by Gasteiger charge is -2.23. The number of nitriles is 1. The van der Waals surface area contributed by atoms with Gasteiger partial charge in [-0.05, 0) is 30.7 Å². The van der Waals surface area contributed by atoms with Crippen LogP contribution in [-0.4, -0.2) is 70.5 Å². The molecular weight excluding hydrogens is 382 g/mol. The number of ether oxygens (including phenoxy) is 4. The van der Waals surface area contributed by atoms with Gasteiger partial charge in [0.05, 0.1) is 50.0 Å². The predicted molar refractivity (Wildman–Crippen MR) is 101 cm³/mol. The van der Waals surface area contributed by atoms with Crippen LogP contribution < -0.4 is 10.8 Å². The minimum absolute atomic E-state index is 0.00621. The van der Waals surface area contributed by atoms with Crippen molar-refractivity contribution in [2.24, 2.45) is 5.92 Å². The Kier molecular flexibility index (Phi) is 12.2. The zero-order chi connectivity index (χ0) is 21.5. The third kappa shape index (κ3) is 9.47. The van der Waals surface area contributed by atoms with Crippen LogP contribution >= 0.6 is 0 Å². The first-order valence-corrected chi connectivity index (χ1v) is 8.94. The van der Waals surface area contributed by atoms with Crippen LogP contribution in [0.5, 0.6) is 0 Å². The summed E-state index contributed by atoms with van der Waals surface area (Å²) in [4.78, 5) is 24.4. The van der Waals surface area contributed by atoms with Crippen LogP contribution in [0.3, 0.4) is 0 Å². The predicted octanol–water partition coefficient (Wildman–Crippen LogP) is 0.452. The average Bonchev–Trinajstić information content (AvgIpc) is 2.75. The lowest BCUT2D eigenvalue weighted by Crippen LogP contribution is -2.43. The zero-order valence-corrected chi connectivity index (χ0v) is 16.6. The van der Waals surface area contributed by atoms with Gasteiger partial charge in [-0.1, -0.05) is 0 Å². The fourth-order valence-electron chi connectivity index (χ4n) is 2.47. The highest BCUT2D eigenvalue weighted by atomic mass is 16.7. The van der Waals surface area contributed by atoms with E-state index in [4.69, 9.17) is 29.4 Å². The maximum Gasteiger partial charge on any atom is 0.251 e. The molecule has 0 aliphatic carbocycles. The average molecular weight is 409 g/mol. The van der Waals surface area contributed by atoms with Gasteiger partial charge in [0.25, 0.3) is 5.91 Å². The molecule has 29 heavy (non-hydrogen) atoms. The van der Waals surface area contributed by atoms with Crippen molar-refractivity contribution in [3.05, 3.63) is 35.4 Å². The summed E-state index contributed by atoms with van der Waals surface area (Å²) in [5.41, 5.74) is 2.40. The molecule has 0 unspecified atom stereocenters. The molecule has 0 aliphatic rings. The van der Waals surface area contributed by atoms with Crippen molar-refractivity contribution in [3.63, 3.8) is 0 Å². The Morgan fingerprint density at radius 1 is 1.10 bits per heavy atom. The largest absolute Gasteiger partial charge is 0.384 e. The topological polar surface area (TPSA) is 139 Å². The number of hydroxylamine groups is 1. The van der Waals surface area contributed by atoms with Gasteiger partial charge in [0.15, 0.2) is 0 Å². The van der Waals surface area contributed by atoms with Crippen LogP contribution in [0.15, 0.2) is 24.3 Å². The number of carbonyl (C=O) groups excluding carboxylic acids is 2. The monoisotopic (exact) mass is 409 g/mol. The highest BCUT2D eigenvalue weighted by Crippen LogP contribution is 2.11. The van der Waals surface area contributed by atoms with Crippen molar-refractivity contribution in [1.82, 2.24) is 10.8 Å². The van der Waals surface area contributed by atoms with Gasteiger partial charge in [-0.15, -0.1) is 0 Å². The molecule has 0 radical (unpaired) electrons. The number of benzene rings is 1. The third-order valence-electron chi connectivity index (χ3n) is 3.95. The zero-order valence-electron chi connectivity index (χ0n) is 16.6. The fourth-order valence-corrected chi connectivity index (χ4v) is 2.47. The number of rotatable bonds is 14. The van der Waals surface area contributed by atoms with E-state index in [2.05, 4.69) is 5.32 Å². The molecule has 0 saturated carbocycles. The van der Waals surface area contributed by atoms with Gasteiger partial charge < -0.3 is 24.3 Å². The minimum atomic E-state index is -0.700. The quantitative estimate of drug-likeness (QED) is 0.174. The third-order valence-corrected chi connectivity index (χ3v) is 3.95. The molecule has 3 N–H and O–H groups in total. The molecule has 1 rings (SSSR count). The van der Waals surface area contributed by atoms with E-state index in [1.54, 1.807) is 12.6 Å². The summed E-state index contributed by atoms with van der Waals surface area (Å²) in [6.45, 7) is 0.911. The number of nitrogens with one attached hydrogen (secondary N) is 2. The summed E-state index contributed by atoms with van der Waals surface area (Å²) in [5.74, 6) is -1.71. The van der Waals surface area contributed by atoms with Crippen molar-refractivity contribution in [2.75, 3.05) is 47.4 Å². The molecule has 10 heteroatoms. The van der Waals surface area contributed by atoms with Gasteiger partial charge in [0, 0.05) is 19.8 Å². The summed E-state index contributed by atoms with van der Waals surface area (Å²) < 4.78 is 20.5. The molecule has 0 aromatic heterocycles. The Hall–Kier alpha value is -2.55. The molecule has 1 aromatic carbocycles. The Morgan fingerprint density at radius 3 is 2.41 bits per heavy atom. The van der Waals surface area contributed by atoms with E-state index in [1.165, 1.54) is 31.4 Å². The van der Waals surface area contributed by atoms with Crippen LogP contribution in [0, 0.1) is 17.2 Å². The number of carbonyl (C=O) groups is 2. The standard InChI is InChI=1S/C19H27N3O7/c1-26-7-8-28-13-29-12-17(9-16(11-27-2)19(24)22-25)21-18(23)15-5-3-14(10-20)4-6-15/h3-6,16-17,25H,7-9,11-13H2,1-2H3,(H,21,23)(H,22,24)/t16-,17+/m1/s1. The molecule has 10 nitrogen and oxygen atoms in total. The first kappa shape index (κ1) is 24.5. The molecule has 0 aliphatic heterocycles. The summed E-state index contributed by atoms with van der Waals surface area (Å²) >= 11 is 0. The molecular formula is C19H27N3O7. The van der Waals surface area contributed by atoms with Gasteiger partial charge in [0.2, 0.25) is 5.91 Å². The lowest BCUT2D eigenvalue weighted by molar-refractivity contribution is -0.135. The highest BCUT2D eigenvalue weighted by Gasteiger charge is 2.25. The smallest absolute Gasteiger partial charge is 0.251 e. The number of amides is 2. The number of methoxy groups -OCH3 is 2. The van der Waals surface area contributed by atoms with E-state index in [9.17, 15) is 9.59 Å². The van der Waals surface area contributed by atoms with Gasteiger partial charge in [0.1, 0.15) is 6.79 Å². The van der Waals surface area contributed by atoms with Crippen LogP contribution in [0.2, 0.25) is 0 Å². The molecule has 2 amide bonds. The number of hydrogen-bond donors (Lipinski definition) is 3. The number of nitrogens with zero attached hydrogens (tertiary/aromatic N) is 1. The van der Waals surface area contributed by atoms with E-state index in [0.29, 0.717) is 24.3 Å². The second kappa shape index (κ2) is 14.4. The maximum atomic E-state index is 12.5. The molecule has 2 atom stereocenters. The first-order valence-electron chi connectivity index (χ1n) is 8.94. The van der Waals surface area contributed by atoms with Crippen molar-refractivity contribution in [1.29, 1.82) is 5.26 Å². The molecule has 1 aromatic rings. The Balaban J connectivity index is 2.74. The van der Waals surface area contributed by atoms with Crippen LogP contribution in [-0.2, 0) is 23.7 Å². The van der Waals surface area contributed by atoms with Crippen LogP contribution in [0.25, 0.3) is 0 Å². The first-order chi connectivity index (χ1) is 14.0. The van der Waals surface area contributed by atoms with Gasteiger partial charge >= 0.3 is 0 Å². The Bertz CT molecular complexity index is 661. The van der Waals surface area contributed by atoms with Gasteiger partial charge in [-0.25, -0.2) is 5.48 Å². The maximum absolute atomic E-state index is 12.5. The molecule has 0 spiro atoms. The number of hydrogen-bond acceptors (Lipinski definition) is 8. The minimum Gasteiger partial charge on any atom is -0.384 e.